The number of methoxy groups -OCH3 is 1. The molecule has 5 heteroatoms. The lowest BCUT2D eigenvalue weighted by Crippen LogP contribution is -2.28. The summed E-state index contributed by atoms with van der Waals surface area (Å²) in [6.07, 6.45) is 5.04. The van der Waals surface area contributed by atoms with Crippen molar-refractivity contribution in [1.82, 2.24) is 10.3 Å². The summed E-state index contributed by atoms with van der Waals surface area (Å²) >= 11 is 1.73. The normalized spacial score (nSPS) is 14.0. The molecule has 4 nitrogen and oxygen atoms in total. The van der Waals surface area contributed by atoms with Gasteiger partial charge in [-0.1, -0.05) is 6.07 Å². The fourth-order valence-electron chi connectivity index (χ4n) is 3.30. The van der Waals surface area contributed by atoms with Gasteiger partial charge in [0.05, 0.1) is 18.8 Å². The highest BCUT2D eigenvalue weighted by Gasteiger charge is 2.17. The topological polar surface area (TPSA) is 43.4 Å². The van der Waals surface area contributed by atoms with Crippen LogP contribution in [0.1, 0.15) is 28.4 Å². The third-order valence-electron chi connectivity index (χ3n) is 4.88. The Morgan fingerprint density at radius 2 is 2.18 bits per heavy atom. The Morgan fingerprint density at radius 1 is 1.25 bits per heavy atom. The minimum Gasteiger partial charge on any atom is -0.497 e. The Kier molecular flexibility index (Phi) is 5.74. The van der Waals surface area contributed by atoms with Crippen LogP contribution in [0, 0.1) is 6.92 Å². The highest BCUT2D eigenvalue weighted by atomic mass is 32.1. The highest BCUT2D eigenvalue weighted by molar-refractivity contribution is 7.07. The summed E-state index contributed by atoms with van der Waals surface area (Å²) in [5.41, 5.74) is 5.84. The van der Waals surface area contributed by atoms with Crippen LogP contribution >= 0.6 is 11.3 Å². The zero-order valence-electron chi connectivity index (χ0n) is 16.1. The van der Waals surface area contributed by atoms with Crippen molar-refractivity contribution in [3.63, 3.8) is 0 Å². The number of fused-ring (bicyclic) bond motifs is 1. The van der Waals surface area contributed by atoms with E-state index in [0.29, 0.717) is 6.61 Å². The van der Waals surface area contributed by atoms with Crippen LogP contribution < -0.4 is 14.8 Å². The number of hydrogen-bond donors (Lipinski definition) is 1. The van der Waals surface area contributed by atoms with Crippen LogP contribution in [0.4, 0.5) is 0 Å². The van der Waals surface area contributed by atoms with Crippen LogP contribution in [0.3, 0.4) is 0 Å². The molecule has 0 fully saturated rings. The van der Waals surface area contributed by atoms with Gasteiger partial charge in [0.1, 0.15) is 18.1 Å². The molecule has 1 aliphatic heterocycles. The highest BCUT2D eigenvalue weighted by Crippen LogP contribution is 2.30. The molecule has 0 spiro atoms. The van der Waals surface area contributed by atoms with E-state index in [4.69, 9.17) is 9.47 Å². The first-order valence-corrected chi connectivity index (χ1v) is 10.3. The van der Waals surface area contributed by atoms with Gasteiger partial charge >= 0.3 is 0 Å². The molecule has 1 N–H and O–H groups in total. The number of ether oxygens (including phenoxy) is 2. The monoisotopic (exact) mass is 392 g/mol. The van der Waals surface area contributed by atoms with E-state index < -0.39 is 0 Å². The van der Waals surface area contributed by atoms with Crippen molar-refractivity contribution in [3.8, 4) is 11.5 Å². The lowest BCUT2D eigenvalue weighted by atomic mass is 10.0. The predicted octanol–water partition coefficient (Wildman–Crippen LogP) is 4.81. The molecule has 1 atom stereocenters. The van der Waals surface area contributed by atoms with Gasteiger partial charge in [-0.15, -0.1) is 0 Å². The number of hydrogen-bond acceptors (Lipinski definition) is 5. The summed E-state index contributed by atoms with van der Waals surface area (Å²) in [6.45, 7) is 3.41. The van der Waals surface area contributed by atoms with Gasteiger partial charge in [0.15, 0.2) is 0 Å². The Morgan fingerprint density at radius 3 is 2.93 bits per heavy atom. The quantitative estimate of drug-likeness (QED) is 0.627. The first-order valence-electron chi connectivity index (χ1n) is 9.38. The van der Waals surface area contributed by atoms with Gasteiger partial charge in [-0.05, 0) is 77.2 Å². The minimum atomic E-state index is 0.155. The van der Waals surface area contributed by atoms with Crippen molar-refractivity contribution in [1.29, 1.82) is 0 Å². The minimum absolute atomic E-state index is 0.155. The molecule has 1 aliphatic rings. The van der Waals surface area contributed by atoms with Crippen molar-refractivity contribution >= 4 is 17.4 Å². The Bertz CT molecular complexity index is 949. The molecule has 0 radical (unpaired) electrons. The smallest absolute Gasteiger partial charge is 0.127 e. The first kappa shape index (κ1) is 18.7. The number of nitrogens with zero attached hydrogens (tertiary/aromatic N) is 1. The van der Waals surface area contributed by atoms with Crippen LogP contribution in [0.5, 0.6) is 11.5 Å². The molecule has 0 aliphatic carbocycles. The molecule has 0 amide bonds. The number of thiophene rings is 1. The average Bonchev–Trinajstić information content (AvgIpc) is 3.24. The maximum atomic E-state index is 5.92. The Hall–Kier alpha value is -2.63. The van der Waals surface area contributed by atoms with Crippen molar-refractivity contribution in [2.75, 3.05) is 20.3 Å². The third-order valence-corrected chi connectivity index (χ3v) is 5.61. The largest absolute Gasteiger partial charge is 0.497 e. The number of rotatable bonds is 7. The number of benzene rings is 1. The number of pyridine rings is 1. The third kappa shape index (κ3) is 4.43. The molecule has 1 aromatic carbocycles. The number of aromatic nitrogens is 1. The molecular weight excluding hydrogens is 368 g/mol. The molecule has 3 aromatic rings. The van der Waals surface area contributed by atoms with Crippen LogP contribution in [-0.2, 0) is 6.42 Å². The summed E-state index contributed by atoms with van der Waals surface area (Å²) < 4.78 is 11.2. The van der Waals surface area contributed by atoms with Crippen LogP contribution in [0.15, 0.2) is 58.9 Å². The molecule has 144 valence electrons. The standard InChI is InChI=1S/C23H24N2O2S/c1-16-3-5-21(24-12-16)22(10-17-7-8-28-15-17)25-13-18-9-19-11-20(26-2)4-6-23(19)27-14-18/h3-9,11-12,15,22,25H,10,13-14H2,1-2H3. The second kappa shape index (κ2) is 8.59. The van der Waals surface area contributed by atoms with E-state index in [1.54, 1.807) is 18.4 Å². The van der Waals surface area contributed by atoms with Crippen LogP contribution in [-0.4, -0.2) is 25.2 Å². The molecular formula is C23H24N2O2S. The van der Waals surface area contributed by atoms with Gasteiger partial charge in [0, 0.05) is 18.3 Å². The van der Waals surface area contributed by atoms with Gasteiger partial charge in [-0.3, -0.25) is 4.98 Å². The van der Waals surface area contributed by atoms with E-state index >= 15 is 0 Å². The van der Waals surface area contributed by atoms with E-state index in [-0.39, 0.29) is 6.04 Å². The predicted molar refractivity (Wildman–Crippen MR) is 114 cm³/mol. The molecule has 3 heterocycles. The summed E-state index contributed by atoms with van der Waals surface area (Å²) in [4.78, 5) is 4.66. The summed E-state index contributed by atoms with van der Waals surface area (Å²) in [5.74, 6) is 1.74. The lowest BCUT2D eigenvalue weighted by Gasteiger charge is -2.22. The van der Waals surface area contributed by atoms with Gasteiger partial charge in [0.2, 0.25) is 0 Å². The fourth-order valence-corrected chi connectivity index (χ4v) is 3.98. The molecule has 0 saturated carbocycles. The second-order valence-electron chi connectivity index (χ2n) is 7.02. The average molecular weight is 393 g/mol. The zero-order chi connectivity index (χ0) is 19.3. The molecule has 0 saturated heterocycles. The molecule has 4 rings (SSSR count). The van der Waals surface area contributed by atoms with Crippen molar-refractivity contribution in [3.05, 3.63) is 81.3 Å². The van der Waals surface area contributed by atoms with Crippen LogP contribution in [0.2, 0.25) is 0 Å². The molecule has 0 bridgehead atoms. The maximum Gasteiger partial charge on any atom is 0.127 e. The summed E-state index contributed by atoms with van der Waals surface area (Å²) in [7, 11) is 1.68. The van der Waals surface area contributed by atoms with Gasteiger partial charge in [0.25, 0.3) is 0 Å². The number of nitrogens with one attached hydrogen (secondary N) is 1. The molecule has 28 heavy (non-hydrogen) atoms. The molecule has 1 unspecified atom stereocenters. The maximum absolute atomic E-state index is 5.92. The van der Waals surface area contributed by atoms with Crippen molar-refractivity contribution in [2.24, 2.45) is 0 Å². The van der Waals surface area contributed by atoms with Crippen molar-refractivity contribution in [2.45, 2.75) is 19.4 Å². The van der Waals surface area contributed by atoms with E-state index in [1.165, 1.54) is 16.7 Å². The first-order chi connectivity index (χ1) is 13.7. The Balaban J connectivity index is 1.50. The van der Waals surface area contributed by atoms with Gasteiger partial charge in [-0.25, -0.2) is 0 Å². The van der Waals surface area contributed by atoms with E-state index in [0.717, 1.165) is 35.7 Å². The SMILES string of the molecule is COc1ccc2c(c1)C=C(CNC(Cc1ccsc1)c1ccc(C)cn1)CO2. The van der Waals surface area contributed by atoms with Crippen molar-refractivity contribution < 1.29 is 9.47 Å². The second-order valence-corrected chi connectivity index (χ2v) is 7.80. The van der Waals surface area contributed by atoms with Gasteiger partial charge < -0.3 is 14.8 Å². The van der Waals surface area contributed by atoms with Gasteiger partial charge in [-0.2, -0.15) is 11.3 Å². The summed E-state index contributed by atoms with van der Waals surface area (Å²) in [5, 5.41) is 8.01. The lowest BCUT2D eigenvalue weighted by molar-refractivity contribution is 0.339. The van der Waals surface area contributed by atoms with Crippen LogP contribution in [0.25, 0.3) is 6.08 Å². The Labute approximate surface area is 169 Å². The zero-order valence-corrected chi connectivity index (χ0v) is 17.0. The van der Waals surface area contributed by atoms with E-state index in [1.807, 2.05) is 24.4 Å². The van der Waals surface area contributed by atoms with E-state index in [9.17, 15) is 0 Å². The summed E-state index contributed by atoms with van der Waals surface area (Å²) in [6, 6.07) is 12.5. The fraction of sp³-hybridized carbons (Fsp3) is 0.261. The molecule has 2 aromatic heterocycles. The van der Waals surface area contributed by atoms with E-state index in [2.05, 4.69) is 52.3 Å². The number of aryl methyl sites for hydroxylation is 1.